The van der Waals surface area contributed by atoms with E-state index in [1.807, 2.05) is 18.2 Å². The molecule has 0 amide bonds. The zero-order valence-electron chi connectivity index (χ0n) is 8.11. The summed E-state index contributed by atoms with van der Waals surface area (Å²) >= 11 is 3.36. The molecule has 0 saturated carbocycles. The van der Waals surface area contributed by atoms with Crippen molar-refractivity contribution >= 4 is 15.9 Å². The molecule has 14 heavy (non-hydrogen) atoms. The molecule has 0 aliphatic carbocycles. The molecule has 1 aliphatic rings. The van der Waals surface area contributed by atoms with Crippen LogP contribution in [0, 0.1) is 0 Å². The molecule has 4 heteroatoms. The summed E-state index contributed by atoms with van der Waals surface area (Å²) in [5, 5.41) is 0. The second-order valence-corrected chi connectivity index (χ2v) is 4.32. The van der Waals surface area contributed by atoms with E-state index in [0.29, 0.717) is 0 Å². The molecule has 2 rings (SSSR count). The Morgan fingerprint density at radius 3 is 3.14 bits per heavy atom. The summed E-state index contributed by atoms with van der Waals surface area (Å²) in [7, 11) is 2.10. The second-order valence-electron chi connectivity index (χ2n) is 3.51. The molecule has 0 bridgehead atoms. The largest absolute Gasteiger partial charge is 0.369 e. The van der Waals surface area contributed by atoms with Crippen LogP contribution in [0.3, 0.4) is 0 Å². The molecule has 1 aromatic rings. The third kappa shape index (κ3) is 2.32. The predicted octanol–water partition coefficient (Wildman–Crippen LogP) is 1.85. The summed E-state index contributed by atoms with van der Waals surface area (Å²) in [4.78, 5) is 6.66. The van der Waals surface area contributed by atoms with Gasteiger partial charge in [0.05, 0.1) is 12.3 Å². The van der Waals surface area contributed by atoms with Crippen LogP contribution in [0.2, 0.25) is 0 Å². The van der Waals surface area contributed by atoms with Gasteiger partial charge in [0.2, 0.25) is 0 Å². The summed E-state index contributed by atoms with van der Waals surface area (Å²) in [6.07, 6.45) is 0.117. The monoisotopic (exact) mass is 256 g/mol. The van der Waals surface area contributed by atoms with Crippen molar-refractivity contribution < 1.29 is 4.74 Å². The quantitative estimate of drug-likeness (QED) is 0.718. The van der Waals surface area contributed by atoms with E-state index in [1.54, 1.807) is 0 Å². The molecule has 1 saturated heterocycles. The number of halogens is 1. The summed E-state index contributed by atoms with van der Waals surface area (Å²) in [6.45, 7) is 2.71. The average molecular weight is 257 g/mol. The van der Waals surface area contributed by atoms with Crippen LogP contribution in [-0.2, 0) is 4.74 Å². The first-order chi connectivity index (χ1) is 6.75. The number of rotatable bonds is 1. The highest BCUT2D eigenvalue weighted by molar-refractivity contribution is 9.10. The Labute approximate surface area is 92.2 Å². The third-order valence-electron chi connectivity index (χ3n) is 2.34. The SMILES string of the molecule is CN1CCOC(c2cccc(Br)n2)C1. The van der Waals surface area contributed by atoms with E-state index in [1.165, 1.54) is 0 Å². The molecule has 76 valence electrons. The minimum absolute atomic E-state index is 0.117. The molecule has 0 radical (unpaired) electrons. The normalized spacial score (nSPS) is 23.7. The van der Waals surface area contributed by atoms with Gasteiger partial charge < -0.3 is 9.64 Å². The zero-order valence-corrected chi connectivity index (χ0v) is 9.70. The molecule has 2 heterocycles. The smallest absolute Gasteiger partial charge is 0.112 e. The van der Waals surface area contributed by atoms with E-state index in [-0.39, 0.29) is 6.10 Å². The molecular weight excluding hydrogens is 244 g/mol. The molecule has 0 N–H and O–H groups in total. The summed E-state index contributed by atoms with van der Waals surface area (Å²) < 4.78 is 6.53. The topological polar surface area (TPSA) is 25.4 Å². The van der Waals surface area contributed by atoms with Crippen LogP contribution in [0.15, 0.2) is 22.8 Å². The van der Waals surface area contributed by atoms with Crippen LogP contribution in [0.1, 0.15) is 11.8 Å². The standard InChI is InChI=1S/C10H13BrN2O/c1-13-5-6-14-9(7-13)8-3-2-4-10(11)12-8/h2-4,9H,5-7H2,1H3. The van der Waals surface area contributed by atoms with Gasteiger partial charge in [-0.2, -0.15) is 0 Å². The summed E-state index contributed by atoms with van der Waals surface area (Å²) in [5.41, 5.74) is 1.01. The van der Waals surface area contributed by atoms with E-state index in [9.17, 15) is 0 Å². The average Bonchev–Trinajstić information content (AvgIpc) is 2.18. The van der Waals surface area contributed by atoms with Gasteiger partial charge in [-0.15, -0.1) is 0 Å². The maximum Gasteiger partial charge on any atom is 0.112 e. The first-order valence-electron chi connectivity index (χ1n) is 4.68. The van der Waals surface area contributed by atoms with Crippen molar-refractivity contribution in [1.29, 1.82) is 0 Å². The first kappa shape index (κ1) is 10.1. The van der Waals surface area contributed by atoms with Crippen LogP contribution in [0.25, 0.3) is 0 Å². The highest BCUT2D eigenvalue weighted by atomic mass is 79.9. The number of pyridine rings is 1. The lowest BCUT2D eigenvalue weighted by Gasteiger charge is -2.29. The maximum atomic E-state index is 5.66. The van der Waals surface area contributed by atoms with E-state index in [0.717, 1.165) is 30.0 Å². The lowest BCUT2D eigenvalue weighted by molar-refractivity contribution is -0.0231. The zero-order chi connectivity index (χ0) is 9.97. The van der Waals surface area contributed by atoms with Gasteiger partial charge in [0.15, 0.2) is 0 Å². The van der Waals surface area contributed by atoms with Gasteiger partial charge in [-0.05, 0) is 35.1 Å². The number of likely N-dealkylation sites (N-methyl/N-ethyl adjacent to an activating group) is 1. The number of hydrogen-bond donors (Lipinski definition) is 0. The highest BCUT2D eigenvalue weighted by Gasteiger charge is 2.20. The fourth-order valence-corrected chi connectivity index (χ4v) is 1.92. The maximum absolute atomic E-state index is 5.66. The van der Waals surface area contributed by atoms with Crippen LogP contribution < -0.4 is 0 Å². The predicted molar refractivity (Wildman–Crippen MR) is 58.1 cm³/mol. The fraction of sp³-hybridized carbons (Fsp3) is 0.500. The van der Waals surface area contributed by atoms with Crippen molar-refractivity contribution in [2.45, 2.75) is 6.10 Å². The lowest BCUT2D eigenvalue weighted by Crippen LogP contribution is -2.35. The number of morpholine rings is 1. The fourth-order valence-electron chi connectivity index (χ4n) is 1.56. The molecule has 0 aromatic carbocycles. The van der Waals surface area contributed by atoms with Crippen molar-refractivity contribution in [3.8, 4) is 0 Å². The van der Waals surface area contributed by atoms with E-state index in [2.05, 4.69) is 32.9 Å². The van der Waals surface area contributed by atoms with Gasteiger partial charge in [-0.3, -0.25) is 0 Å². The number of aromatic nitrogens is 1. The molecule has 1 aromatic heterocycles. The molecule has 1 aliphatic heterocycles. The van der Waals surface area contributed by atoms with E-state index >= 15 is 0 Å². The molecule has 0 spiro atoms. The van der Waals surface area contributed by atoms with Gasteiger partial charge in [-0.1, -0.05) is 6.07 Å². The Hall–Kier alpha value is -0.450. The highest BCUT2D eigenvalue weighted by Crippen LogP contribution is 2.20. The Balaban J connectivity index is 2.14. The molecule has 1 unspecified atom stereocenters. The summed E-state index contributed by atoms with van der Waals surface area (Å²) in [6, 6.07) is 5.93. The van der Waals surface area contributed by atoms with Crippen molar-refractivity contribution in [3.63, 3.8) is 0 Å². The van der Waals surface area contributed by atoms with Gasteiger partial charge in [-0.25, -0.2) is 4.98 Å². The minimum Gasteiger partial charge on any atom is -0.369 e. The van der Waals surface area contributed by atoms with Gasteiger partial charge >= 0.3 is 0 Å². The van der Waals surface area contributed by atoms with Gasteiger partial charge in [0, 0.05) is 13.1 Å². The van der Waals surface area contributed by atoms with Gasteiger partial charge in [0.25, 0.3) is 0 Å². The first-order valence-corrected chi connectivity index (χ1v) is 5.47. The Morgan fingerprint density at radius 2 is 2.43 bits per heavy atom. The van der Waals surface area contributed by atoms with Crippen molar-refractivity contribution in [2.24, 2.45) is 0 Å². The lowest BCUT2D eigenvalue weighted by atomic mass is 10.2. The van der Waals surface area contributed by atoms with Crippen LogP contribution in [0.5, 0.6) is 0 Å². The number of ether oxygens (including phenoxy) is 1. The molecule has 1 fully saturated rings. The summed E-state index contributed by atoms with van der Waals surface area (Å²) in [5.74, 6) is 0. The molecule has 1 atom stereocenters. The van der Waals surface area contributed by atoms with Gasteiger partial charge in [0.1, 0.15) is 10.7 Å². The van der Waals surface area contributed by atoms with Crippen molar-refractivity contribution in [1.82, 2.24) is 9.88 Å². The van der Waals surface area contributed by atoms with E-state index in [4.69, 9.17) is 4.74 Å². The number of nitrogens with zero attached hydrogens (tertiary/aromatic N) is 2. The number of hydrogen-bond acceptors (Lipinski definition) is 3. The molecular formula is C10H13BrN2O. The van der Waals surface area contributed by atoms with Crippen molar-refractivity contribution in [2.75, 3.05) is 26.7 Å². The third-order valence-corrected chi connectivity index (χ3v) is 2.78. The Morgan fingerprint density at radius 1 is 1.57 bits per heavy atom. The Kier molecular flexibility index (Phi) is 3.15. The van der Waals surface area contributed by atoms with Crippen LogP contribution >= 0.6 is 15.9 Å². The van der Waals surface area contributed by atoms with E-state index < -0.39 is 0 Å². The van der Waals surface area contributed by atoms with Crippen LogP contribution in [-0.4, -0.2) is 36.6 Å². The minimum atomic E-state index is 0.117. The second kappa shape index (κ2) is 4.38. The van der Waals surface area contributed by atoms with Crippen molar-refractivity contribution in [3.05, 3.63) is 28.5 Å². The Bertz CT molecular complexity index is 319. The van der Waals surface area contributed by atoms with Crippen LogP contribution in [0.4, 0.5) is 0 Å². The molecule has 3 nitrogen and oxygen atoms in total.